The largest absolute Gasteiger partial charge is 0.439 e. The van der Waals surface area contributed by atoms with Crippen LogP contribution >= 0.6 is 0 Å². The fourth-order valence-corrected chi connectivity index (χ4v) is 3.17. The fraction of sp³-hybridized carbons (Fsp3) is 0.167. The van der Waals surface area contributed by atoms with E-state index >= 15 is 0 Å². The van der Waals surface area contributed by atoms with E-state index in [1.165, 1.54) is 18.5 Å². The van der Waals surface area contributed by atoms with Crippen LogP contribution in [0.3, 0.4) is 0 Å². The number of carbonyl (C=O) groups excluding carboxylic acids is 1. The summed E-state index contributed by atoms with van der Waals surface area (Å²) in [6.07, 6.45) is 1.59. The first-order valence-electron chi connectivity index (χ1n) is 10.1. The van der Waals surface area contributed by atoms with Crippen LogP contribution in [-0.4, -0.2) is 25.7 Å². The van der Waals surface area contributed by atoms with Crippen molar-refractivity contribution in [2.75, 3.05) is 5.32 Å². The molecule has 2 aromatic carbocycles. The fourth-order valence-electron chi connectivity index (χ4n) is 3.17. The first-order chi connectivity index (χ1) is 15.4. The van der Waals surface area contributed by atoms with E-state index in [9.17, 15) is 9.18 Å². The van der Waals surface area contributed by atoms with Crippen molar-refractivity contribution in [3.8, 4) is 17.4 Å². The zero-order chi connectivity index (χ0) is 22.7. The predicted molar refractivity (Wildman–Crippen MR) is 119 cm³/mol. The van der Waals surface area contributed by atoms with Crippen LogP contribution in [0.2, 0.25) is 0 Å². The summed E-state index contributed by atoms with van der Waals surface area (Å²) in [5.74, 6) is 1.05. The molecule has 2 aromatic heterocycles. The van der Waals surface area contributed by atoms with Crippen LogP contribution < -0.4 is 10.1 Å². The van der Waals surface area contributed by atoms with Crippen LogP contribution in [0, 0.1) is 26.6 Å². The third-order valence-corrected chi connectivity index (χ3v) is 5.14. The van der Waals surface area contributed by atoms with Gasteiger partial charge in [-0.25, -0.2) is 19.0 Å². The molecule has 0 aliphatic rings. The van der Waals surface area contributed by atoms with Crippen molar-refractivity contribution in [1.29, 1.82) is 0 Å². The molecular formula is C24H22FN5O2. The zero-order valence-corrected chi connectivity index (χ0v) is 18.0. The quantitative estimate of drug-likeness (QED) is 0.479. The number of ether oxygens (including phenoxy) is 1. The lowest BCUT2D eigenvalue weighted by Crippen LogP contribution is -2.14. The Kier molecular flexibility index (Phi) is 5.93. The Hall–Kier alpha value is -4.07. The number of hydrogen-bond donors (Lipinski definition) is 1. The van der Waals surface area contributed by atoms with Crippen LogP contribution in [0.25, 0.3) is 5.82 Å². The molecule has 0 spiro atoms. The van der Waals surface area contributed by atoms with Crippen molar-refractivity contribution < 1.29 is 13.9 Å². The summed E-state index contributed by atoms with van der Waals surface area (Å²) in [7, 11) is 0. The van der Waals surface area contributed by atoms with Gasteiger partial charge in [0, 0.05) is 17.4 Å². The molecule has 2 heterocycles. The van der Waals surface area contributed by atoms with Gasteiger partial charge in [-0.1, -0.05) is 12.1 Å². The lowest BCUT2D eigenvalue weighted by atomic mass is 10.1. The monoisotopic (exact) mass is 431 g/mol. The SMILES string of the molecule is Cc1nn(-c2cc(Oc3ccc(NC(=O)Cc4ccc(F)cc4)cc3)ncn2)c(C)c1C. The van der Waals surface area contributed by atoms with Crippen LogP contribution in [0.15, 0.2) is 60.9 Å². The van der Waals surface area contributed by atoms with Crippen molar-refractivity contribution in [2.45, 2.75) is 27.2 Å². The average Bonchev–Trinajstić information content (AvgIpc) is 3.04. The molecule has 0 aliphatic heterocycles. The molecule has 8 heteroatoms. The molecule has 0 saturated carbocycles. The summed E-state index contributed by atoms with van der Waals surface area (Å²) in [4.78, 5) is 20.7. The number of aromatic nitrogens is 4. The average molecular weight is 431 g/mol. The van der Waals surface area contributed by atoms with Gasteiger partial charge in [-0.15, -0.1) is 0 Å². The highest BCUT2D eigenvalue weighted by atomic mass is 19.1. The Morgan fingerprint density at radius 1 is 1.03 bits per heavy atom. The zero-order valence-electron chi connectivity index (χ0n) is 18.0. The first-order valence-corrected chi connectivity index (χ1v) is 10.1. The number of amides is 1. The summed E-state index contributed by atoms with van der Waals surface area (Å²) in [6.45, 7) is 5.96. The van der Waals surface area contributed by atoms with Crippen molar-refractivity contribution in [3.05, 3.63) is 89.3 Å². The van der Waals surface area contributed by atoms with E-state index in [1.807, 2.05) is 20.8 Å². The minimum Gasteiger partial charge on any atom is -0.439 e. The van der Waals surface area contributed by atoms with Gasteiger partial charge in [0.25, 0.3) is 0 Å². The summed E-state index contributed by atoms with van der Waals surface area (Å²) in [5, 5.41) is 7.33. The Bertz CT molecular complexity index is 1250. The predicted octanol–water partition coefficient (Wildman–Crippen LogP) is 4.70. The number of nitrogens with zero attached hydrogens (tertiary/aromatic N) is 4. The topological polar surface area (TPSA) is 81.9 Å². The summed E-state index contributed by atoms with van der Waals surface area (Å²) < 4.78 is 20.6. The Balaban J connectivity index is 1.41. The van der Waals surface area contributed by atoms with Gasteiger partial charge in [0.05, 0.1) is 12.1 Å². The molecule has 32 heavy (non-hydrogen) atoms. The Morgan fingerprint density at radius 3 is 2.41 bits per heavy atom. The molecule has 7 nitrogen and oxygen atoms in total. The maximum absolute atomic E-state index is 13.0. The lowest BCUT2D eigenvalue weighted by Gasteiger charge is -2.09. The van der Waals surface area contributed by atoms with E-state index in [-0.39, 0.29) is 18.1 Å². The molecule has 0 aliphatic carbocycles. The normalized spacial score (nSPS) is 10.8. The van der Waals surface area contributed by atoms with Crippen molar-refractivity contribution in [1.82, 2.24) is 19.7 Å². The number of nitrogens with one attached hydrogen (secondary N) is 1. The molecule has 0 atom stereocenters. The Labute approximate surface area is 184 Å². The smallest absolute Gasteiger partial charge is 0.228 e. The molecule has 1 N–H and O–H groups in total. The van der Waals surface area contributed by atoms with E-state index in [4.69, 9.17) is 4.74 Å². The number of rotatable bonds is 6. The van der Waals surface area contributed by atoms with Gasteiger partial charge in [-0.05, 0) is 68.3 Å². The summed E-state index contributed by atoms with van der Waals surface area (Å²) >= 11 is 0. The number of benzene rings is 2. The minimum absolute atomic E-state index is 0.161. The maximum Gasteiger partial charge on any atom is 0.228 e. The standard InChI is InChI=1S/C24H22FN5O2/c1-15-16(2)29-30(17(15)3)22-13-24(27-14-26-22)32-21-10-8-20(9-11-21)28-23(31)12-18-4-6-19(25)7-5-18/h4-11,13-14H,12H2,1-3H3,(H,28,31). The molecule has 4 rings (SSSR count). The van der Waals surface area contributed by atoms with Crippen molar-refractivity contribution >= 4 is 11.6 Å². The minimum atomic E-state index is -0.328. The third-order valence-electron chi connectivity index (χ3n) is 5.14. The van der Waals surface area contributed by atoms with Crippen molar-refractivity contribution in [2.24, 2.45) is 0 Å². The van der Waals surface area contributed by atoms with Crippen LogP contribution in [0.1, 0.15) is 22.5 Å². The maximum atomic E-state index is 13.0. The molecule has 0 radical (unpaired) electrons. The second-order valence-electron chi connectivity index (χ2n) is 7.40. The highest BCUT2D eigenvalue weighted by Gasteiger charge is 2.12. The number of halogens is 1. The number of carbonyl (C=O) groups is 1. The van der Waals surface area contributed by atoms with E-state index in [0.29, 0.717) is 23.1 Å². The number of anilines is 1. The third kappa shape index (κ3) is 4.80. The second-order valence-corrected chi connectivity index (χ2v) is 7.40. The molecule has 0 fully saturated rings. The van der Waals surface area contributed by atoms with Gasteiger partial charge in [0.1, 0.15) is 17.9 Å². The first kappa shape index (κ1) is 21.2. The molecular weight excluding hydrogens is 409 g/mol. The molecule has 0 bridgehead atoms. The molecule has 4 aromatic rings. The molecule has 0 saturated heterocycles. The highest BCUT2D eigenvalue weighted by Crippen LogP contribution is 2.23. The van der Waals surface area contributed by atoms with E-state index in [2.05, 4.69) is 20.4 Å². The summed E-state index contributed by atoms with van der Waals surface area (Å²) in [6, 6.07) is 14.5. The number of aryl methyl sites for hydroxylation is 1. The molecule has 162 valence electrons. The van der Waals surface area contributed by atoms with Gasteiger partial charge >= 0.3 is 0 Å². The van der Waals surface area contributed by atoms with Crippen LogP contribution in [0.4, 0.5) is 10.1 Å². The molecule has 1 amide bonds. The highest BCUT2D eigenvalue weighted by molar-refractivity contribution is 5.92. The van der Waals surface area contributed by atoms with Gasteiger partial charge < -0.3 is 10.1 Å². The van der Waals surface area contributed by atoms with E-state index in [0.717, 1.165) is 22.5 Å². The van der Waals surface area contributed by atoms with Gasteiger partial charge in [0.2, 0.25) is 11.8 Å². The van der Waals surface area contributed by atoms with Crippen LogP contribution in [0.5, 0.6) is 11.6 Å². The van der Waals surface area contributed by atoms with Gasteiger partial charge in [-0.2, -0.15) is 5.10 Å². The van der Waals surface area contributed by atoms with Crippen LogP contribution in [-0.2, 0) is 11.2 Å². The van der Waals surface area contributed by atoms with E-state index in [1.54, 1.807) is 47.1 Å². The Morgan fingerprint density at radius 2 is 1.75 bits per heavy atom. The van der Waals surface area contributed by atoms with Crippen molar-refractivity contribution in [3.63, 3.8) is 0 Å². The molecule has 0 unspecified atom stereocenters. The summed E-state index contributed by atoms with van der Waals surface area (Å²) in [5.41, 5.74) is 4.43. The second kappa shape index (κ2) is 8.97. The van der Waals surface area contributed by atoms with Gasteiger partial charge in [-0.3, -0.25) is 4.79 Å². The van der Waals surface area contributed by atoms with E-state index < -0.39 is 0 Å². The van der Waals surface area contributed by atoms with Gasteiger partial charge in [0.15, 0.2) is 5.82 Å². The lowest BCUT2D eigenvalue weighted by molar-refractivity contribution is -0.115. The number of hydrogen-bond acceptors (Lipinski definition) is 5.